The number of hydrogen-bond acceptors (Lipinski definition) is 3. The first-order chi connectivity index (χ1) is 11.7. The van der Waals surface area contributed by atoms with Crippen molar-refractivity contribution in [2.75, 3.05) is 25.9 Å². The second kappa shape index (κ2) is 10.3. The molecule has 4 nitrogen and oxygen atoms in total. The molecule has 130 valence electrons. The van der Waals surface area contributed by atoms with Crippen molar-refractivity contribution >= 4 is 28.1 Å². The van der Waals surface area contributed by atoms with Crippen LogP contribution in [0.2, 0.25) is 0 Å². The maximum Gasteiger partial charge on any atom is 0.191 e. The Kier molecular flexibility index (Phi) is 7.98. The van der Waals surface area contributed by atoms with E-state index in [4.69, 9.17) is 0 Å². The van der Waals surface area contributed by atoms with Crippen LogP contribution in [0.5, 0.6) is 0 Å². The maximum absolute atomic E-state index is 12.1. The summed E-state index contributed by atoms with van der Waals surface area (Å²) in [6.45, 7) is 3.67. The summed E-state index contributed by atoms with van der Waals surface area (Å²) in [4.78, 5) is 5.58. The number of nitrogens with one attached hydrogen (secondary N) is 2. The Morgan fingerprint density at radius 1 is 1.21 bits per heavy atom. The minimum atomic E-state index is -0.870. The SMILES string of the molecule is CN=C(NCCS(=O)Cc1ccccc1)NCC(C)c1cccs1. The van der Waals surface area contributed by atoms with Gasteiger partial charge in [-0.05, 0) is 17.0 Å². The van der Waals surface area contributed by atoms with Crippen molar-refractivity contribution in [3.8, 4) is 0 Å². The molecule has 2 N–H and O–H groups in total. The van der Waals surface area contributed by atoms with Crippen LogP contribution in [0, 0.1) is 0 Å². The topological polar surface area (TPSA) is 53.5 Å². The van der Waals surface area contributed by atoms with Gasteiger partial charge in [0.05, 0.1) is 0 Å². The zero-order valence-electron chi connectivity index (χ0n) is 14.2. The van der Waals surface area contributed by atoms with Crippen LogP contribution in [0.15, 0.2) is 52.8 Å². The van der Waals surface area contributed by atoms with Gasteiger partial charge in [-0.25, -0.2) is 0 Å². The van der Waals surface area contributed by atoms with E-state index in [1.807, 2.05) is 30.3 Å². The highest BCUT2D eigenvalue weighted by atomic mass is 32.2. The van der Waals surface area contributed by atoms with Gasteiger partial charge in [-0.1, -0.05) is 43.3 Å². The Morgan fingerprint density at radius 2 is 2.00 bits per heavy atom. The molecule has 0 aliphatic carbocycles. The van der Waals surface area contributed by atoms with Gasteiger partial charge in [0.25, 0.3) is 0 Å². The molecule has 6 heteroatoms. The molecule has 2 atom stereocenters. The van der Waals surface area contributed by atoms with Crippen molar-refractivity contribution in [1.29, 1.82) is 0 Å². The Morgan fingerprint density at radius 3 is 2.67 bits per heavy atom. The average molecular weight is 364 g/mol. The minimum absolute atomic E-state index is 0.441. The highest BCUT2D eigenvalue weighted by Gasteiger charge is 2.08. The second-order valence-corrected chi connectivity index (χ2v) is 8.13. The predicted octanol–water partition coefficient (Wildman–Crippen LogP) is 2.97. The fourth-order valence-corrected chi connectivity index (χ4v) is 4.08. The highest BCUT2D eigenvalue weighted by molar-refractivity contribution is 7.84. The van der Waals surface area contributed by atoms with E-state index in [0.717, 1.165) is 18.1 Å². The molecule has 1 heterocycles. The van der Waals surface area contributed by atoms with E-state index in [1.54, 1.807) is 18.4 Å². The molecule has 1 aromatic heterocycles. The summed E-state index contributed by atoms with van der Waals surface area (Å²) < 4.78 is 12.1. The number of benzene rings is 1. The zero-order valence-corrected chi connectivity index (χ0v) is 15.8. The van der Waals surface area contributed by atoms with E-state index in [9.17, 15) is 4.21 Å². The second-order valence-electron chi connectivity index (χ2n) is 5.57. The van der Waals surface area contributed by atoms with E-state index in [2.05, 4.69) is 40.1 Å². The normalized spacial score (nSPS) is 14.2. The van der Waals surface area contributed by atoms with Gasteiger partial charge in [-0.3, -0.25) is 9.20 Å². The first-order valence-electron chi connectivity index (χ1n) is 8.06. The lowest BCUT2D eigenvalue weighted by molar-refractivity contribution is 0.679. The standard InChI is InChI=1S/C18H25N3OS2/c1-15(17-9-6-11-23-17)13-21-18(19-2)20-10-12-24(22)14-16-7-4-3-5-8-16/h3-9,11,15H,10,12-14H2,1-2H3,(H2,19,20,21). The summed E-state index contributed by atoms with van der Waals surface area (Å²) in [5, 5.41) is 8.66. The van der Waals surface area contributed by atoms with E-state index in [1.165, 1.54) is 4.88 Å². The van der Waals surface area contributed by atoms with Crippen LogP contribution >= 0.6 is 11.3 Å². The van der Waals surface area contributed by atoms with Gasteiger partial charge in [0, 0.05) is 53.2 Å². The quantitative estimate of drug-likeness (QED) is 0.560. The van der Waals surface area contributed by atoms with Crippen LogP contribution in [0.4, 0.5) is 0 Å². The molecule has 1 aromatic carbocycles. The van der Waals surface area contributed by atoms with Crippen LogP contribution in [0.25, 0.3) is 0 Å². The van der Waals surface area contributed by atoms with Gasteiger partial charge >= 0.3 is 0 Å². The van der Waals surface area contributed by atoms with Crippen molar-refractivity contribution in [2.24, 2.45) is 4.99 Å². The Labute approximate surface area is 150 Å². The van der Waals surface area contributed by atoms with E-state index < -0.39 is 10.8 Å². The van der Waals surface area contributed by atoms with Crippen LogP contribution < -0.4 is 10.6 Å². The number of rotatable bonds is 8. The Bertz CT molecular complexity index is 642. The molecule has 2 rings (SSSR count). The summed E-state index contributed by atoms with van der Waals surface area (Å²) in [6.07, 6.45) is 0. The third kappa shape index (κ3) is 6.45. The lowest BCUT2D eigenvalue weighted by Crippen LogP contribution is -2.40. The van der Waals surface area contributed by atoms with E-state index >= 15 is 0 Å². The summed E-state index contributed by atoms with van der Waals surface area (Å²) >= 11 is 1.77. The molecular formula is C18H25N3OS2. The van der Waals surface area contributed by atoms with Crippen molar-refractivity contribution in [3.05, 3.63) is 58.3 Å². The third-order valence-electron chi connectivity index (χ3n) is 3.62. The zero-order chi connectivity index (χ0) is 17.2. The fraction of sp³-hybridized carbons (Fsp3) is 0.389. The monoisotopic (exact) mass is 363 g/mol. The van der Waals surface area contributed by atoms with Crippen molar-refractivity contribution in [3.63, 3.8) is 0 Å². The molecule has 0 fully saturated rings. The van der Waals surface area contributed by atoms with Gasteiger partial charge in [-0.2, -0.15) is 0 Å². The van der Waals surface area contributed by atoms with E-state index in [-0.39, 0.29) is 0 Å². The molecular weight excluding hydrogens is 338 g/mol. The third-order valence-corrected chi connectivity index (χ3v) is 6.04. The molecule has 0 saturated carbocycles. The molecule has 0 radical (unpaired) electrons. The molecule has 0 amide bonds. The number of nitrogens with zero attached hydrogens (tertiary/aromatic N) is 1. The average Bonchev–Trinajstić information content (AvgIpc) is 3.13. The minimum Gasteiger partial charge on any atom is -0.356 e. The van der Waals surface area contributed by atoms with Gasteiger partial charge in [0.2, 0.25) is 0 Å². The molecule has 0 bridgehead atoms. The summed E-state index contributed by atoms with van der Waals surface area (Å²) in [6, 6.07) is 14.2. The first kappa shape index (κ1) is 18.7. The Balaban J connectivity index is 1.67. The summed E-state index contributed by atoms with van der Waals surface area (Å²) in [5.74, 6) is 2.41. The number of hydrogen-bond donors (Lipinski definition) is 2. The predicted molar refractivity (Wildman–Crippen MR) is 105 cm³/mol. The molecule has 24 heavy (non-hydrogen) atoms. The van der Waals surface area contributed by atoms with Gasteiger partial charge in [0.1, 0.15) is 0 Å². The van der Waals surface area contributed by atoms with Gasteiger partial charge in [0.15, 0.2) is 5.96 Å². The lowest BCUT2D eigenvalue weighted by atomic mass is 10.1. The maximum atomic E-state index is 12.1. The molecule has 0 aliphatic heterocycles. The summed E-state index contributed by atoms with van der Waals surface area (Å²) in [5.41, 5.74) is 1.11. The number of aliphatic imine (C=N–C) groups is 1. The van der Waals surface area contributed by atoms with Gasteiger partial charge in [-0.15, -0.1) is 11.3 Å². The molecule has 0 aliphatic rings. The number of guanidine groups is 1. The van der Waals surface area contributed by atoms with Crippen LogP contribution in [0.1, 0.15) is 23.3 Å². The summed E-state index contributed by atoms with van der Waals surface area (Å²) in [7, 11) is 0.886. The lowest BCUT2D eigenvalue weighted by Gasteiger charge is -2.15. The largest absolute Gasteiger partial charge is 0.356 e. The fourth-order valence-electron chi connectivity index (χ4n) is 2.26. The van der Waals surface area contributed by atoms with Crippen LogP contribution in [0.3, 0.4) is 0 Å². The smallest absolute Gasteiger partial charge is 0.191 e. The number of thiophene rings is 1. The molecule has 2 aromatic rings. The molecule has 0 saturated heterocycles. The van der Waals surface area contributed by atoms with Crippen molar-refractivity contribution < 1.29 is 4.21 Å². The van der Waals surface area contributed by atoms with Crippen molar-refractivity contribution in [2.45, 2.75) is 18.6 Å². The van der Waals surface area contributed by atoms with Gasteiger partial charge < -0.3 is 10.6 Å². The van der Waals surface area contributed by atoms with Crippen molar-refractivity contribution in [1.82, 2.24) is 10.6 Å². The Hall–Kier alpha value is -1.66. The van der Waals surface area contributed by atoms with Crippen LogP contribution in [-0.2, 0) is 16.6 Å². The highest BCUT2D eigenvalue weighted by Crippen LogP contribution is 2.19. The molecule has 0 spiro atoms. The molecule has 2 unspecified atom stereocenters. The first-order valence-corrected chi connectivity index (χ1v) is 10.4. The van der Waals surface area contributed by atoms with Crippen LogP contribution in [-0.4, -0.2) is 36.1 Å². The van der Waals surface area contributed by atoms with E-state index in [0.29, 0.717) is 24.0 Å².